The Kier molecular flexibility index (Phi) is 2.59. The number of amides is 1. The lowest BCUT2D eigenvalue weighted by Gasteiger charge is -2.02. The number of rotatable bonds is 2. The van der Waals surface area contributed by atoms with Crippen LogP contribution in [0.25, 0.3) is 6.08 Å². The number of hydrogen-bond acceptors (Lipinski definition) is 5. The Morgan fingerprint density at radius 2 is 2.05 bits per heavy atom. The topological polar surface area (TPSA) is 90.7 Å². The second-order valence-electron chi connectivity index (χ2n) is 4.20. The van der Waals surface area contributed by atoms with Gasteiger partial charge in [0, 0.05) is 12.1 Å². The summed E-state index contributed by atoms with van der Waals surface area (Å²) in [7, 11) is 0. The maximum atomic E-state index is 11.5. The third-order valence-corrected chi connectivity index (χ3v) is 3.02. The maximum absolute atomic E-state index is 11.5. The molecule has 0 spiro atoms. The molecule has 2 heterocycles. The summed E-state index contributed by atoms with van der Waals surface area (Å²) in [6.45, 7) is 0.607. The van der Waals surface area contributed by atoms with Gasteiger partial charge in [0.05, 0.1) is 16.6 Å². The molecule has 0 unspecified atom stereocenters. The fourth-order valence-corrected chi connectivity index (χ4v) is 2.08. The van der Waals surface area contributed by atoms with Crippen molar-refractivity contribution < 1.29 is 19.2 Å². The van der Waals surface area contributed by atoms with Crippen LogP contribution in [0.1, 0.15) is 12.0 Å². The second kappa shape index (κ2) is 4.27. The van der Waals surface area contributed by atoms with E-state index in [1.165, 1.54) is 18.2 Å². The molecule has 1 fully saturated rings. The molecule has 7 nitrogen and oxygen atoms in total. The van der Waals surface area contributed by atoms with E-state index in [-0.39, 0.29) is 18.4 Å². The van der Waals surface area contributed by atoms with Gasteiger partial charge in [-0.1, -0.05) is 0 Å². The van der Waals surface area contributed by atoms with Gasteiger partial charge in [-0.25, -0.2) is 0 Å². The molecule has 1 amide bonds. The van der Waals surface area contributed by atoms with Crippen molar-refractivity contribution in [1.29, 1.82) is 0 Å². The lowest BCUT2D eigenvalue weighted by molar-refractivity contribution is -0.385. The van der Waals surface area contributed by atoms with E-state index in [4.69, 9.17) is 9.47 Å². The molecular formula is C12H10N2O5. The first-order chi connectivity index (χ1) is 9.15. The highest BCUT2D eigenvalue weighted by Gasteiger charge is 2.24. The van der Waals surface area contributed by atoms with Crippen LogP contribution in [-0.2, 0) is 4.79 Å². The smallest absolute Gasteiger partial charge is 0.280 e. The van der Waals surface area contributed by atoms with Gasteiger partial charge < -0.3 is 14.8 Å². The number of carbonyl (C=O) groups is 1. The average molecular weight is 262 g/mol. The Hall–Kier alpha value is -2.57. The van der Waals surface area contributed by atoms with Crippen molar-refractivity contribution in [3.8, 4) is 11.5 Å². The van der Waals surface area contributed by atoms with Crippen LogP contribution in [0.3, 0.4) is 0 Å². The lowest BCUT2D eigenvalue weighted by Crippen LogP contribution is -2.14. The van der Waals surface area contributed by atoms with Crippen LogP contribution in [0.15, 0.2) is 17.7 Å². The highest BCUT2D eigenvalue weighted by molar-refractivity contribution is 6.00. The molecule has 98 valence electrons. The lowest BCUT2D eigenvalue weighted by atomic mass is 10.1. The third kappa shape index (κ3) is 1.99. The molecule has 2 aliphatic heterocycles. The van der Waals surface area contributed by atoms with Gasteiger partial charge in [0.15, 0.2) is 11.5 Å². The molecule has 3 rings (SSSR count). The minimum Gasteiger partial charge on any atom is -0.454 e. The van der Waals surface area contributed by atoms with Crippen molar-refractivity contribution in [2.45, 2.75) is 6.42 Å². The van der Waals surface area contributed by atoms with E-state index in [0.29, 0.717) is 35.6 Å². The Morgan fingerprint density at radius 3 is 2.68 bits per heavy atom. The largest absolute Gasteiger partial charge is 0.454 e. The molecule has 0 bridgehead atoms. The van der Waals surface area contributed by atoms with Crippen molar-refractivity contribution in [2.75, 3.05) is 13.3 Å². The van der Waals surface area contributed by atoms with Crippen LogP contribution in [0, 0.1) is 10.1 Å². The van der Waals surface area contributed by atoms with E-state index >= 15 is 0 Å². The van der Waals surface area contributed by atoms with Crippen molar-refractivity contribution in [3.63, 3.8) is 0 Å². The first-order valence-corrected chi connectivity index (χ1v) is 5.72. The van der Waals surface area contributed by atoms with Crippen molar-refractivity contribution in [1.82, 2.24) is 5.32 Å². The number of nitrogens with zero attached hydrogens (tertiary/aromatic N) is 1. The van der Waals surface area contributed by atoms with Gasteiger partial charge in [0.2, 0.25) is 12.7 Å². The molecular weight excluding hydrogens is 252 g/mol. The molecule has 7 heteroatoms. The fraction of sp³-hybridized carbons (Fsp3) is 0.250. The van der Waals surface area contributed by atoms with E-state index in [1.807, 2.05) is 0 Å². The van der Waals surface area contributed by atoms with Crippen LogP contribution in [0.2, 0.25) is 0 Å². The third-order valence-electron chi connectivity index (χ3n) is 3.02. The number of fused-ring (bicyclic) bond motifs is 1. The number of nitro benzene ring substituents is 1. The summed E-state index contributed by atoms with van der Waals surface area (Å²) in [5.74, 6) is 0.618. The normalized spacial score (nSPS) is 18.7. The second-order valence-corrected chi connectivity index (χ2v) is 4.20. The molecule has 1 N–H and O–H groups in total. The number of nitrogens with one attached hydrogen (secondary N) is 1. The SMILES string of the molecule is O=C1NCCC1=Cc1cc2c(cc1[N+](=O)[O-])OCO2. The monoisotopic (exact) mass is 262 g/mol. The summed E-state index contributed by atoms with van der Waals surface area (Å²) in [4.78, 5) is 22.0. The van der Waals surface area contributed by atoms with Crippen molar-refractivity contribution >= 4 is 17.7 Å². The molecule has 0 radical (unpaired) electrons. The predicted molar refractivity (Wildman–Crippen MR) is 64.8 cm³/mol. The summed E-state index contributed by atoms with van der Waals surface area (Å²) < 4.78 is 10.3. The zero-order valence-corrected chi connectivity index (χ0v) is 9.84. The quantitative estimate of drug-likeness (QED) is 0.491. The summed E-state index contributed by atoms with van der Waals surface area (Å²) in [5.41, 5.74) is 0.778. The van der Waals surface area contributed by atoms with Gasteiger partial charge in [-0.2, -0.15) is 0 Å². The summed E-state index contributed by atoms with van der Waals surface area (Å²) in [6.07, 6.45) is 2.09. The van der Waals surface area contributed by atoms with Crippen molar-refractivity contribution in [2.24, 2.45) is 0 Å². The van der Waals surface area contributed by atoms with E-state index in [1.54, 1.807) is 0 Å². The van der Waals surface area contributed by atoms with Gasteiger partial charge in [-0.05, 0) is 18.6 Å². The molecule has 1 aromatic carbocycles. The average Bonchev–Trinajstić information content (AvgIpc) is 2.97. The summed E-state index contributed by atoms with van der Waals surface area (Å²) in [6, 6.07) is 2.85. The van der Waals surface area contributed by atoms with E-state index in [2.05, 4.69) is 5.32 Å². The number of ether oxygens (including phenoxy) is 2. The highest BCUT2D eigenvalue weighted by Crippen LogP contribution is 2.38. The highest BCUT2D eigenvalue weighted by atomic mass is 16.7. The van der Waals surface area contributed by atoms with Crippen LogP contribution in [0.5, 0.6) is 11.5 Å². The van der Waals surface area contributed by atoms with E-state index < -0.39 is 4.92 Å². The van der Waals surface area contributed by atoms with Crippen molar-refractivity contribution in [3.05, 3.63) is 33.4 Å². The van der Waals surface area contributed by atoms with Crippen LogP contribution in [0.4, 0.5) is 5.69 Å². The molecule has 0 aromatic heterocycles. The van der Waals surface area contributed by atoms with Crippen LogP contribution in [-0.4, -0.2) is 24.2 Å². The first kappa shape index (κ1) is 11.5. The van der Waals surface area contributed by atoms with Crippen LogP contribution < -0.4 is 14.8 Å². The zero-order chi connectivity index (χ0) is 13.4. The maximum Gasteiger partial charge on any atom is 0.280 e. The summed E-state index contributed by atoms with van der Waals surface area (Å²) >= 11 is 0. The molecule has 2 aliphatic rings. The molecule has 1 saturated heterocycles. The van der Waals surface area contributed by atoms with E-state index in [9.17, 15) is 14.9 Å². The molecule has 19 heavy (non-hydrogen) atoms. The Morgan fingerprint density at radius 1 is 1.32 bits per heavy atom. The molecule has 0 atom stereocenters. The van der Waals surface area contributed by atoms with Gasteiger partial charge in [0.25, 0.3) is 5.69 Å². The number of carbonyl (C=O) groups excluding carboxylic acids is 1. The minimum absolute atomic E-state index is 0.0486. The molecule has 0 aliphatic carbocycles. The standard InChI is InChI=1S/C12H10N2O5/c15-12-7(1-2-13-12)3-8-4-10-11(19-6-18-10)5-9(8)14(16)17/h3-5H,1-2,6H2,(H,13,15). The van der Waals surface area contributed by atoms with Gasteiger partial charge in [0.1, 0.15) is 0 Å². The van der Waals surface area contributed by atoms with Crippen LogP contribution >= 0.6 is 0 Å². The number of nitro groups is 1. The van der Waals surface area contributed by atoms with Gasteiger partial charge in [-0.15, -0.1) is 0 Å². The Bertz CT molecular complexity index is 608. The van der Waals surface area contributed by atoms with E-state index in [0.717, 1.165) is 0 Å². The Balaban J connectivity index is 2.09. The summed E-state index contributed by atoms with van der Waals surface area (Å²) in [5, 5.41) is 13.7. The zero-order valence-electron chi connectivity index (χ0n) is 9.84. The first-order valence-electron chi connectivity index (χ1n) is 5.72. The molecule has 0 saturated carbocycles. The minimum atomic E-state index is -0.499. The molecule has 1 aromatic rings. The number of benzene rings is 1. The number of hydrogen-bond donors (Lipinski definition) is 1. The van der Waals surface area contributed by atoms with Gasteiger partial charge >= 0.3 is 0 Å². The fourth-order valence-electron chi connectivity index (χ4n) is 2.08. The predicted octanol–water partition coefficient (Wildman–Crippen LogP) is 1.23. The van der Waals surface area contributed by atoms with Gasteiger partial charge in [-0.3, -0.25) is 14.9 Å². The Labute approximate surface area is 108 Å².